The van der Waals surface area contributed by atoms with Crippen LogP contribution >= 0.6 is 11.6 Å². The molecular formula is C16H10ClFN4O. The molecule has 0 saturated heterocycles. The summed E-state index contributed by atoms with van der Waals surface area (Å²) in [4.78, 5) is 7.26. The number of nitrogens with zero attached hydrogens (tertiary/aromatic N) is 2. The van der Waals surface area contributed by atoms with Crippen LogP contribution in [0.5, 0.6) is 5.75 Å². The quantitative estimate of drug-likeness (QED) is 0.518. The van der Waals surface area contributed by atoms with Gasteiger partial charge in [0.1, 0.15) is 17.2 Å². The molecule has 0 aliphatic rings. The van der Waals surface area contributed by atoms with Crippen molar-refractivity contribution in [1.82, 2.24) is 20.2 Å². The smallest absolute Gasteiger partial charge is 0.172 e. The number of hydrogen-bond donors (Lipinski definition) is 3. The zero-order valence-corrected chi connectivity index (χ0v) is 12.4. The first-order valence-corrected chi connectivity index (χ1v) is 7.19. The second kappa shape index (κ2) is 5.10. The average molecular weight is 329 g/mol. The van der Waals surface area contributed by atoms with Gasteiger partial charge >= 0.3 is 0 Å². The molecule has 2 aromatic carbocycles. The lowest BCUT2D eigenvalue weighted by Crippen LogP contribution is -1.80. The minimum Gasteiger partial charge on any atom is -0.504 e. The SMILES string of the molecule is Oc1c(-c2ccccc2)n[nH]c1-c1nc2cc(Cl)c(F)cc2[nH]1. The molecule has 5 nitrogen and oxygen atoms in total. The van der Waals surface area contributed by atoms with E-state index >= 15 is 0 Å². The summed E-state index contributed by atoms with van der Waals surface area (Å²) in [5, 5.41) is 17.3. The van der Waals surface area contributed by atoms with Crippen LogP contribution < -0.4 is 0 Å². The van der Waals surface area contributed by atoms with Crippen molar-refractivity contribution in [2.24, 2.45) is 0 Å². The van der Waals surface area contributed by atoms with Crippen LogP contribution in [0.15, 0.2) is 42.5 Å². The molecule has 0 aliphatic carbocycles. The lowest BCUT2D eigenvalue weighted by molar-refractivity contribution is 0.479. The van der Waals surface area contributed by atoms with Gasteiger partial charge in [-0.3, -0.25) is 5.10 Å². The summed E-state index contributed by atoms with van der Waals surface area (Å²) in [6.07, 6.45) is 0. The minimum absolute atomic E-state index is 0.00522. The highest BCUT2D eigenvalue weighted by Gasteiger charge is 2.18. The number of rotatable bonds is 2. The Kier molecular flexibility index (Phi) is 3.06. The molecule has 0 saturated carbocycles. The molecule has 0 aliphatic heterocycles. The number of halogens is 2. The summed E-state index contributed by atoms with van der Waals surface area (Å²) >= 11 is 5.76. The Bertz CT molecular complexity index is 971. The number of aromatic nitrogens is 4. The van der Waals surface area contributed by atoms with Crippen LogP contribution in [0.4, 0.5) is 4.39 Å². The number of nitrogens with one attached hydrogen (secondary N) is 2. The first kappa shape index (κ1) is 13.8. The summed E-state index contributed by atoms with van der Waals surface area (Å²) in [5.74, 6) is -0.205. The van der Waals surface area contributed by atoms with E-state index in [4.69, 9.17) is 11.6 Å². The van der Waals surface area contributed by atoms with Gasteiger partial charge in [0.25, 0.3) is 0 Å². The van der Waals surface area contributed by atoms with Gasteiger partial charge in [0.15, 0.2) is 11.6 Å². The third-order valence-electron chi connectivity index (χ3n) is 3.55. The third kappa shape index (κ3) is 2.24. The summed E-state index contributed by atoms with van der Waals surface area (Å²) < 4.78 is 13.5. The van der Waals surface area contributed by atoms with Gasteiger partial charge in [0.2, 0.25) is 0 Å². The van der Waals surface area contributed by atoms with E-state index in [1.165, 1.54) is 12.1 Å². The fourth-order valence-electron chi connectivity index (χ4n) is 2.42. The maximum atomic E-state index is 13.5. The van der Waals surface area contributed by atoms with Crippen molar-refractivity contribution in [3.05, 3.63) is 53.3 Å². The van der Waals surface area contributed by atoms with E-state index in [2.05, 4.69) is 20.2 Å². The zero-order valence-electron chi connectivity index (χ0n) is 11.6. The monoisotopic (exact) mass is 328 g/mol. The van der Waals surface area contributed by atoms with Crippen LogP contribution in [0.25, 0.3) is 33.8 Å². The minimum atomic E-state index is -0.534. The van der Waals surface area contributed by atoms with Gasteiger partial charge in [-0.05, 0) is 6.07 Å². The fraction of sp³-hybridized carbons (Fsp3) is 0. The molecule has 2 heterocycles. The van der Waals surface area contributed by atoms with Crippen molar-refractivity contribution in [2.75, 3.05) is 0 Å². The molecule has 23 heavy (non-hydrogen) atoms. The number of aromatic hydroxyl groups is 1. The third-order valence-corrected chi connectivity index (χ3v) is 3.84. The second-order valence-electron chi connectivity index (χ2n) is 5.03. The highest BCUT2D eigenvalue weighted by Crippen LogP contribution is 2.35. The van der Waals surface area contributed by atoms with E-state index in [1.807, 2.05) is 30.3 Å². The van der Waals surface area contributed by atoms with E-state index in [-0.39, 0.29) is 10.8 Å². The Morgan fingerprint density at radius 3 is 2.70 bits per heavy atom. The van der Waals surface area contributed by atoms with Crippen molar-refractivity contribution < 1.29 is 9.50 Å². The number of aromatic amines is 2. The number of benzene rings is 2. The molecule has 0 bridgehead atoms. The molecule has 0 amide bonds. The van der Waals surface area contributed by atoms with Gasteiger partial charge in [-0.2, -0.15) is 5.10 Å². The Morgan fingerprint density at radius 2 is 1.91 bits per heavy atom. The van der Waals surface area contributed by atoms with Crippen LogP contribution in [-0.4, -0.2) is 25.3 Å². The highest BCUT2D eigenvalue weighted by molar-refractivity contribution is 6.31. The van der Waals surface area contributed by atoms with Gasteiger partial charge < -0.3 is 10.1 Å². The van der Waals surface area contributed by atoms with Crippen LogP contribution in [0.1, 0.15) is 0 Å². The van der Waals surface area contributed by atoms with Gasteiger partial charge in [-0.25, -0.2) is 9.37 Å². The van der Waals surface area contributed by atoms with E-state index in [0.717, 1.165) is 5.56 Å². The van der Waals surface area contributed by atoms with Gasteiger partial charge in [-0.15, -0.1) is 0 Å². The Hall–Kier alpha value is -2.86. The molecule has 4 aromatic rings. The van der Waals surface area contributed by atoms with Crippen molar-refractivity contribution >= 4 is 22.6 Å². The van der Waals surface area contributed by atoms with Crippen molar-refractivity contribution in [3.63, 3.8) is 0 Å². The average Bonchev–Trinajstić information content (AvgIpc) is 3.12. The molecule has 0 radical (unpaired) electrons. The molecule has 0 spiro atoms. The van der Waals surface area contributed by atoms with Gasteiger partial charge in [0.05, 0.1) is 16.1 Å². The first-order chi connectivity index (χ1) is 11.1. The molecule has 0 unspecified atom stereocenters. The number of H-pyrrole nitrogens is 2. The Labute approximate surface area is 134 Å². The molecule has 0 fully saturated rings. The molecular weight excluding hydrogens is 319 g/mol. The number of imidazole rings is 1. The first-order valence-electron chi connectivity index (χ1n) is 6.81. The maximum absolute atomic E-state index is 13.5. The van der Waals surface area contributed by atoms with Crippen LogP contribution in [0.3, 0.4) is 0 Å². The Balaban J connectivity index is 1.84. The summed E-state index contributed by atoms with van der Waals surface area (Å²) in [7, 11) is 0. The fourth-order valence-corrected chi connectivity index (χ4v) is 2.58. The second-order valence-corrected chi connectivity index (χ2v) is 5.44. The molecule has 2 aromatic heterocycles. The molecule has 114 valence electrons. The summed E-state index contributed by atoms with van der Waals surface area (Å²) in [6, 6.07) is 12.0. The van der Waals surface area contributed by atoms with E-state index in [1.54, 1.807) is 0 Å². The molecule has 7 heteroatoms. The molecule has 0 atom stereocenters. The van der Waals surface area contributed by atoms with Crippen molar-refractivity contribution in [3.8, 4) is 28.5 Å². The van der Waals surface area contributed by atoms with Crippen molar-refractivity contribution in [1.29, 1.82) is 0 Å². The standard InChI is InChI=1S/C16H10ClFN4O/c17-9-6-11-12(7-10(9)18)20-16(19-11)14-15(23)13(21-22-14)8-4-2-1-3-5-8/h1-7,23H,(H,19,20)(H,21,22). The largest absolute Gasteiger partial charge is 0.504 e. The summed E-state index contributed by atoms with van der Waals surface area (Å²) in [5.41, 5.74) is 2.51. The molecule has 4 rings (SSSR count). The van der Waals surface area contributed by atoms with Crippen molar-refractivity contribution in [2.45, 2.75) is 0 Å². The zero-order chi connectivity index (χ0) is 16.0. The van der Waals surface area contributed by atoms with E-state index < -0.39 is 5.82 Å². The predicted octanol–water partition coefficient (Wildman–Crippen LogP) is 4.12. The van der Waals surface area contributed by atoms with E-state index in [9.17, 15) is 9.50 Å². The topological polar surface area (TPSA) is 77.6 Å². The predicted molar refractivity (Wildman–Crippen MR) is 85.7 cm³/mol. The number of fused-ring (bicyclic) bond motifs is 1. The maximum Gasteiger partial charge on any atom is 0.172 e. The normalized spacial score (nSPS) is 11.2. The highest BCUT2D eigenvalue weighted by atomic mass is 35.5. The molecule has 3 N–H and O–H groups in total. The lowest BCUT2D eigenvalue weighted by atomic mass is 10.1. The number of hydrogen-bond acceptors (Lipinski definition) is 3. The van der Waals surface area contributed by atoms with Crippen LogP contribution in [0.2, 0.25) is 5.02 Å². The van der Waals surface area contributed by atoms with Crippen LogP contribution in [0, 0.1) is 5.82 Å². The van der Waals surface area contributed by atoms with Gasteiger partial charge in [0, 0.05) is 11.6 Å². The van der Waals surface area contributed by atoms with Crippen LogP contribution in [-0.2, 0) is 0 Å². The van der Waals surface area contributed by atoms with E-state index in [0.29, 0.717) is 28.2 Å². The Morgan fingerprint density at radius 1 is 1.13 bits per heavy atom. The van der Waals surface area contributed by atoms with Gasteiger partial charge in [-0.1, -0.05) is 41.9 Å². The lowest BCUT2D eigenvalue weighted by Gasteiger charge is -1.97. The summed E-state index contributed by atoms with van der Waals surface area (Å²) in [6.45, 7) is 0.